The van der Waals surface area contributed by atoms with Crippen LogP contribution in [0.25, 0.3) is 22.2 Å². The second-order valence-electron chi connectivity index (χ2n) is 4.99. The summed E-state index contributed by atoms with van der Waals surface area (Å²) in [5, 5.41) is 19.6. The van der Waals surface area contributed by atoms with Crippen LogP contribution in [-0.4, -0.2) is 22.0 Å². The van der Waals surface area contributed by atoms with Crippen LogP contribution in [0.4, 0.5) is 0 Å². The minimum Gasteiger partial charge on any atom is -0.508 e. The zero-order valence-corrected chi connectivity index (χ0v) is 12.1. The van der Waals surface area contributed by atoms with E-state index in [-0.39, 0.29) is 5.75 Å². The van der Waals surface area contributed by atoms with E-state index in [2.05, 4.69) is 10.3 Å². The fourth-order valence-corrected chi connectivity index (χ4v) is 2.33. The summed E-state index contributed by atoms with van der Waals surface area (Å²) in [6.07, 6.45) is 0. The molecule has 0 unspecified atom stereocenters. The molecule has 1 aromatic heterocycles. The Morgan fingerprint density at radius 2 is 1.83 bits per heavy atom. The predicted octanol–water partition coefficient (Wildman–Crippen LogP) is 2.23. The number of benzene rings is 2. The highest BCUT2D eigenvalue weighted by molar-refractivity contribution is 6.12. The largest absolute Gasteiger partial charge is 0.508 e. The van der Waals surface area contributed by atoms with Crippen LogP contribution in [0.1, 0.15) is 10.4 Å². The molecule has 0 saturated heterocycles. The number of amides is 1. The number of rotatable bonds is 2. The summed E-state index contributed by atoms with van der Waals surface area (Å²) >= 11 is 0. The number of nitrogens with zero attached hydrogens (tertiary/aromatic N) is 1. The third-order valence-corrected chi connectivity index (χ3v) is 3.37. The van der Waals surface area contributed by atoms with Gasteiger partial charge in [-0.05, 0) is 36.4 Å². The standard InChI is InChI=1S/C17H14N4O2/c18-17(19)21-16(23)13-9-15(10-5-7-11(22)8-6-10)20-14-4-2-1-3-12(13)14/h1-9,22H,(H4,18,19,21,23). The fourth-order valence-electron chi connectivity index (χ4n) is 2.33. The number of fused-ring (bicyclic) bond motifs is 1. The molecule has 3 aromatic rings. The number of nitrogens with two attached hydrogens (primary N) is 1. The number of para-hydroxylation sites is 1. The number of hydrogen-bond acceptors (Lipinski definition) is 4. The van der Waals surface area contributed by atoms with Gasteiger partial charge in [0, 0.05) is 10.9 Å². The highest BCUT2D eigenvalue weighted by Gasteiger charge is 2.14. The fraction of sp³-hybridized carbons (Fsp3) is 0. The van der Waals surface area contributed by atoms with Gasteiger partial charge in [0.1, 0.15) is 5.75 Å². The lowest BCUT2D eigenvalue weighted by Crippen LogP contribution is -2.35. The number of carbonyl (C=O) groups is 1. The number of phenolic OH excluding ortho intramolecular Hbond substituents is 1. The second-order valence-corrected chi connectivity index (χ2v) is 4.99. The van der Waals surface area contributed by atoms with E-state index in [1.807, 2.05) is 18.2 Å². The molecule has 0 fully saturated rings. The van der Waals surface area contributed by atoms with Gasteiger partial charge in [0.05, 0.1) is 16.8 Å². The normalized spacial score (nSPS) is 10.4. The zero-order valence-electron chi connectivity index (χ0n) is 12.1. The molecule has 23 heavy (non-hydrogen) atoms. The van der Waals surface area contributed by atoms with E-state index in [1.54, 1.807) is 36.4 Å². The minimum atomic E-state index is -0.462. The number of aromatic hydroxyl groups is 1. The molecule has 0 aliphatic heterocycles. The molecular weight excluding hydrogens is 292 g/mol. The molecule has 6 heteroatoms. The highest BCUT2D eigenvalue weighted by atomic mass is 16.3. The van der Waals surface area contributed by atoms with Crippen LogP contribution in [0.15, 0.2) is 54.6 Å². The van der Waals surface area contributed by atoms with Crippen molar-refractivity contribution >= 4 is 22.8 Å². The van der Waals surface area contributed by atoms with E-state index in [1.165, 1.54) is 0 Å². The first kappa shape index (κ1) is 14.5. The van der Waals surface area contributed by atoms with Crippen LogP contribution >= 0.6 is 0 Å². The summed E-state index contributed by atoms with van der Waals surface area (Å²) in [6, 6.07) is 15.5. The van der Waals surface area contributed by atoms with Crippen molar-refractivity contribution in [2.75, 3.05) is 0 Å². The molecule has 0 aliphatic rings. The highest BCUT2D eigenvalue weighted by Crippen LogP contribution is 2.26. The van der Waals surface area contributed by atoms with Crippen molar-refractivity contribution in [3.8, 4) is 17.0 Å². The minimum absolute atomic E-state index is 0.157. The Labute approximate surface area is 132 Å². The third-order valence-electron chi connectivity index (χ3n) is 3.37. The monoisotopic (exact) mass is 306 g/mol. The average molecular weight is 306 g/mol. The van der Waals surface area contributed by atoms with Crippen LogP contribution < -0.4 is 11.1 Å². The van der Waals surface area contributed by atoms with Crippen LogP contribution in [0.5, 0.6) is 5.75 Å². The smallest absolute Gasteiger partial charge is 0.258 e. The molecule has 0 aliphatic carbocycles. The molecule has 5 N–H and O–H groups in total. The number of carbonyl (C=O) groups excluding carboxylic acids is 1. The Morgan fingerprint density at radius 3 is 2.52 bits per heavy atom. The van der Waals surface area contributed by atoms with Gasteiger partial charge in [-0.3, -0.25) is 15.5 Å². The molecular formula is C17H14N4O2. The van der Waals surface area contributed by atoms with Crippen molar-refractivity contribution in [1.29, 1.82) is 5.41 Å². The molecule has 2 aromatic carbocycles. The molecule has 0 bridgehead atoms. The van der Waals surface area contributed by atoms with Gasteiger partial charge in [0.25, 0.3) is 5.91 Å². The summed E-state index contributed by atoms with van der Waals surface area (Å²) < 4.78 is 0. The summed E-state index contributed by atoms with van der Waals surface area (Å²) in [7, 11) is 0. The molecule has 114 valence electrons. The topological polar surface area (TPSA) is 112 Å². The van der Waals surface area contributed by atoms with Crippen LogP contribution in [0.2, 0.25) is 0 Å². The molecule has 0 saturated carbocycles. The van der Waals surface area contributed by atoms with Crippen molar-refractivity contribution < 1.29 is 9.90 Å². The van der Waals surface area contributed by atoms with Crippen molar-refractivity contribution in [2.24, 2.45) is 5.73 Å². The quantitative estimate of drug-likeness (QED) is 0.429. The van der Waals surface area contributed by atoms with Gasteiger partial charge >= 0.3 is 0 Å². The zero-order chi connectivity index (χ0) is 16.4. The lowest BCUT2D eigenvalue weighted by Gasteiger charge is -2.10. The van der Waals surface area contributed by atoms with E-state index in [0.29, 0.717) is 22.2 Å². The Hall–Kier alpha value is -3.41. The van der Waals surface area contributed by atoms with Gasteiger partial charge in [-0.15, -0.1) is 0 Å². The number of pyridine rings is 1. The van der Waals surface area contributed by atoms with E-state index < -0.39 is 11.9 Å². The number of phenols is 1. The van der Waals surface area contributed by atoms with Crippen LogP contribution in [0, 0.1) is 5.41 Å². The molecule has 0 atom stereocenters. The molecule has 0 spiro atoms. The first-order chi connectivity index (χ1) is 11.0. The molecule has 3 rings (SSSR count). The van der Waals surface area contributed by atoms with Gasteiger partial charge in [-0.2, -0.15) is 0 Å². The van der Waals surface area contributed by atoms with Gasteiger partial charge in [-0.25, -0.2) is 4.98 Å². The van der Waals surface area contributed by atoms with Crippen molar-refractivity contribution in [2.45, 2.75) is 0 Å². The van der Waals surface area contributed by atoms with E-state index in [9.17, 15) is 9.90 Å². The Morgan fingerprint density at radius 1 is 1.13 bits per heavy atom. The SMILES string of the molecule is N=C(N)NC(=O)c1cc(-c2ccc(O)cc2)nc2ccccc12. The number of nitrogens with one attached hydrogen (secondary N) is 2. The van der Waals surface area contributed by atoms with Gasteiger partial charge in [0.2, 0.25) is 0 Å². The van der Waals surface area contributed by atoms with Gasteiger partial charge in [-0.1, -0.05) is 18.2 Å². The second kappa shape index (κ2) is 5.76. The Bertz CT molecular complexity index is 904. The molecule has 0 radical (unpaired) electrons. The van der Waals surface area contributed by atoms with E-state index in [0.717, 1.165) is 5.56 Å². The third kappa shape index (κ3) is 2.96. The molecule has 1 heterocycles. The van der Waals surface area contributed by atoms with Crippen LogP contribution in [-0.2, 0) is 0 Å². The summed E-state index contributed by atoms with van der Waals surface area (Å²) in [5.74, 6) is -0.720. The first-order valence-electron chi connectivity index (χ1n) is 6.89. The maximum absolute atomic E-state index is 12.3. The first-order valence-corrected chi connectivity index (χ1v) is 6.89. The molecule has 6 nitrogen and oxygen atoms in total. The summed E-state index contributed by atoms with van der Waals surface area (Å²) in [4.78, 5) is 16.9. The van der Waals surface area contributed by atoms with Gasteiger partial charge in [0.15, 0.2) is 5.96 Å². The van der Waals surface area contributed by atoms with Crippen LogP contribution in [0.3, 0.4) is 0 Å². The predicted molar refractivity (Wildman–Crippen MR) is 88.2 cm³/mol. The van der Waals surface area contributed by atoms with Gasteiger partial charge < -0.3 is 10.8 Å². The Kier molecular flexibility index (Phi) is 3.64. The maximum atomic E-state index is 12.3. The maximum Gasteiger partial charge on any atom is 0.258 e. The number of hydrogen-bond donors (Lipinski definition) is 4. The lowest BCUT2D eigenvalue weighted by molar-refractivity contribution is 0.0978. The van der Waals surface area contributed by atoms with E-state index >= 15 is 0 Å². The number of aromatic nitrogens is 1. The van der Waals surface area contributed by atoms with E-state index in [4.69, 9.17) is 11.1 Å². The lowest BCUT2D eigenvalue weighted by atomic mass is 10.0. The van der Waals surface area contributed by atoms with Crippen molar-refractivity contribution in [3.63, 3.8) is 0 Å². The Balaban J connectivity index is 2.19. The number of guanidine groups is 1. The average Bonchev–Trinajstić information content (AvgIpc) is 2.54. The summed E-state index contributed by atoms with van der Waals surface area (Å²) in [5.41, 5.74) is 7.65. The van der Waals surface area contributed by atoms with Crippen molar-refractivity contribution in [3.05, 3.63) is 60.2 Å². The summed E-state index contributed by atoms with van der Waals surface area (Å²) in [6.45, 7) is 0. The molecule has 1 amide bonds. The van der Waals surface area contributed by atoms with Crippen molar-refractivity contribution in [1.82, 2.24) is 10.3 Å².